The van der Waals surface area contributed by atoms with Gasteiger partial charge < -0.3 is 14.8 Å². The van der Waals surface area contributed by atoms with Crippen molar-refractivity contribution in [3.63, 3.8) is 0 Å². The zero-order valence-electron chi connectivity index (χ0n) is 16.6. The number of halogens is 3. The molecule has 0 aliphatic carbocycles. The fourth-order valence-corrected chi connectivity index (χ4v) is 2.89. The summed E-state index contributed by atoms with van der Waals surface area (Å²) >= 11 is 0. The second-order valence-electron chi connectivity index (χ2n) is 6.37. The van der Waals surface area contributed by atoms with Crippen molar-refractivity contribution in [2.24, 2.45) is 0 Å². The number of methoxy groups -OCH3 is 2. The quantitative estimate of drug-likeness (QED) is 0.643. The Morgan fingerprint density at radius 2 is 1.81 bits per heavy atom. The highest BCUT2D eigenvalue weighted by atomic mass is 19.4. The standard InChI is InChI=1S/C21H18F3N3O4/c1-30-13-7-9-18(31-2)14(11-13)16-8-10-20(29)27(26-16)12-19(28)25-17-6-4-3-5-15(17)21(22,23)24/h3-11H,12H2,1-2H3,(H,25,28). The number of alkyl halides is 3. The highest BCUT2D eigenvalue weighted by Crippen LogP contribution is 2.34. The van der Waals surface area contributed by atoms with Gasteiger partial charge in [-0.3, -0.25) is 9.59 Å². The molecule has 3 rings (SSSR count). The lowest BCUT2D eigenvalue weighted by atomic mass is 10.1. The molecule has 0 spiro atoms. The van der Waals surface area contributed by atoms with Gasteiger partial charge in [0.05, 0.1) is 31.2 Å². The van der Waals surface area contributed by atoms with Crippen LogP contribution in [-0.4, -0.2) is 29.9 Å². The molecule has 0 saturated carbocycles. The maximum absolute atomic E-state index is 13.1. The lowest BCUT2D eigenvalue weighted by Gasteiger charge is -2.14. The van der Waals surface area contributed by atoms with Crippen molar-refractivity contribution < 1.29 is 27.4 Å². The number of hydrogen-bond donors (Lipinski definition) is 1. The lowest BCUT2D eigenvalue weighted by molar-refractivity contribution is -0.137. The van der Waals surface area contributed by atoms with E-state index in [9.17, 15) is 22.8 Å². The van der Waals surface area contributed by atoms with Crippen molar-refractivity contribution in [1.82, 2.24) is 9.78 Å². The van der Waals surface area contributed by atoms with E-state index in [1.165, 1.54) is 38.5 Å². The number of carbonyl (C=O) groups excluding carboxylic acids is 1. The second-order valence-corrected chi connectivity index (χ2v) is 6.37. The average Bonchev–Trinajstić information content (AvgIpc) is 2.74. The Bertz CT molecular complexity index is 1160. The van der Waals surface area contributed by atoms with Gasteiger partial charge in [0.15, 0.2) is 0 Å². The van der Waals surface area contributed by atoms with Gasteiger partial charge in [-0.1, -0.05) is 12.1 Å². The maximum atomic E-state index is 13.1. The van der Waals surface area contributed by atoms with Gasteiger partial charge in [-0.25, -0.2) is 4.68 Å². The van der Waals surface area contributed by atoms with Gasteiger partial charge in [0.2, 0.25) is 5.91 Å². The predicted molar refractivity (Wildman–Crippen MR) is 107 cm³/mol. The zero-order chi connectivity index (χ0) is 22.6. The molecule has 0 aliphatic heterocycles. The number of benzene rings is 2. The van der Waals surface area contributed by atoms with Crippen molar-refractivity contribution in [2.75, 3.05) is 19.5 Å². The number of hydrogen-bond acceptors (Lipinski definition) is 5. The molecule has 10 heteroatoms. The zero-order valence-corrected chi connectivity index (χ0v) is 16.6. The van der Waals surface area contributed by atoms with Crippen LogP contribution < -0.4 is 20.3 Å². The van der Waals surface area contributed by atoms with E-state index in [0.29, 0.717) is 22.8 Å². The van der Waals surface area contributed by atoms with Crippen molar-refractivity contribution in [1.29, 1.82) is 0 Å². The Kier molecular flexibility index (Phi) is 6.28. The van der Waals surface area contributed by atoms with Crippen molar-refractivity contribution in [3.05, 3.63) is 70.5 Å². The number of amides is 1. The number of rotatable bonds is 6. The van der Waals surface area contributed by atoms with Gasteiger partial charge in [0, 0.05) is 11.6 Å². The molecule has 2 aromatic carbocycles. The third-order valence-electron chi connectivity index (χ3n) is 4.35. The average molecular weight is 433 g/mol. The number of aromatic nitrogens is 2. The minimum atomic E-state index is -4.64. The van der Waals surface area contributed by atoms with E-state index >= 15 is 0 Å². The molecule has 1 N–H and O–H groups in total. The van der Waals surface area contributed by atoms with E-state index in [1.54, 1.807) is 18.2 Å². The molecule has 0 saturated heterocycles. The molecule has 7 nitrogen and oxygen atoms in total. The van der Waals surface area contributed by atoms with E-state index in [4.69, 9.17) is 9.47 Å². The first-order valence-electron chi connectivity index (χ1n) is 8.99. The summed E-state index contributed by atoms with van der Waals surface area (Å²) in [6.45, 7) is -0.578. The van der Waals surface area contributed by atoms with E-state index in [0.717, 1.165) is 16.8 Å². The predicted octanol–water partition coefficient (Wildman–Crippen LogP) is 3.59. The number of nitrogens with one attached hydrogen (secondary N) is 1. The summed E-state index contributed by atoms with van der Waals surface area (Å²) in [6.07, 6.45) is -4.64. The summed E-state index contributed by atoms with van der Waals surface area (Å²) in [7, 11) is 2.95. The lowest BCUT2D eigenvalue weighted by Crippen LogP contribution is -2.29. The number of nitrogens with zero attached hydrogens (tertiary/aromatic N) is 2. The molecule has 1 amide bonds. The molecule has 0 aliphatic rings. The molecule has 0 bridgehead atoms. The fourth-order valence-electron chi connectivity index (χ4n) is 2.89. The SMILES string of the molecule is COc1ccc(OC)c(-c2ccc(=O)n(CC(=O)Nc3ccccc3C(F)(F)F)n2)c1. The molecule has 0 unspecified atom stereocenters. The Morgan fingerprint density at radius 3 is 2.48 bits per heavy atom. The third kappa shape index (κ3) is 5.03. The molecule has 0 radical (unpaired) electrons. The molecule has 162 valence electrons. The topological polar surface area (TPSA) is 82.5 Å². The molecule has 3 aromatic rings. The van der Waals surface area contributed by atoms with E-state index in [-0.39, 0.29) is 0 Å². The summed E-state index contributed by atoms with van der Waals surface area (Å²) in [5.41, 5.74) is -1.15. The van der Waals surface area contributed by atoms with E-state index in [1.807, 2.05) is 0 Å². The fraction of sp³-hybridized carbons (Fsp3) is 0.190. The molecule has 0 fully saturated rings. The van der Waals surface area contributed by atoms with Crippen molar-refractivity contribution in [2.45, 2.75) is 12.7 Å². The minimum absolute atomic E-state index is 0.318. The largest absolute Gasteiger partial charge is 0.497 e. The van der Waals surface area contributed by atoms with Crippen LogP contribution in [0, 0.1) is 0 Å². The summed E-state index contributed by atoms with van der Waals surface area (Å²) in [5, 5.41) is 6.35. The van der Waals surface area contributed by atoms with Gasteiger partial charge in [0.1, 0.15) is 18.0 Å². The number of carbonyl (C=O) groups is 1. The summed E-state index contributed by atoms with van der Waals surface area (Å²) in [4.78, 5) is 24.5. The van der Waals surface area contributed by atoms with Gasteiger partial charge >= 0.3 is 6.18 Å². The van der Waals surface area contributed by atoms with Crippen LogP contribution in [0.15, 0.2) is 59.4 Å². The molecule has 0 atom stereocenters. The Morgan fingerprint density at radius 1 is 1.06 bits per heavy atom. The number of para-hydroxylation sites is 1. The second kappa shape index (κ2) is 8.90. The molecule has 31 heavy (non-hydrogen) atoms. The van der Waals surface area contributed by atoms with E-state index < -0.39 is 35.4 Å². The van der Waals surface area contributed by atoms with Crippen LogP contribution in [0.5, 0.6) is 11.5 Å². The maximum Gasteiger partial charge on any atom is 0.418 e. The summed E-state index contributed by atoms with van der Waals surface area (Å²) in [6, 6.07) is 12.2. The van der Waals surface area contributed by atoms with Gasteiger partial charge in [0.25, 0.3) is 5.56 Å². The van der Waals surface area contributed by atoms with Crippen LogP contribution in [-0.2, 0) is 17.5 Å². The van der Waals surface area contributed by atoms with Crippen LogP contribution in [0.3, 0.4) is 0 Å². The Balaban J connectivity index is 1.89. The van der Waals surface area contributed by atoms with Crippen LogP contribution >= 0.6 is 0 Å². The van der Waals surface area contributed by atoms with E-state index in [2.05, 4.69) is 10.4 Å². The Hall–Kier alpha value is -3.82. The summed E-state index contributed by atoms with van der Waals surface area (Å²) in [5.74, 6) is 0.153. The van der Waals surface area contributed by atoms with Gasteiger partial charge in [-0.05, 0) is 36.4 Å². The van der Waals surface area contributed by atoms with Crippen molar-refractivity contribution >= 4 is 11.6 Å². The number of anilines is 1. The van der Waals surface area contributed by atoms with Crippen LogP contribution in [0.4, 0.5) is 18.9 Å². The first-order chi connectivity index (χ1) is 14.7. The smallest absolute Gasteiger partial charge is 0.418 e. The molecular weight excluding hydrogens is 415 g/mol. The first-order valence-corrected chi connectivity index (χ1v) is 8.99. The Labute approximate surface area is 175 Å². The van der Waals surface area contributed by atoms with Crippen molar-refractivity contribution in [3.8, 4) is 22.8 Å². The monoisotopic (exact) mass is 433 g/mol. The third-order valence-corrected chi connectivity index (χ3v) is 4.35. The highest BCUT2D eigenvalue weighted by molar-refractivity contribution is 5.91. The minimum Gasteiger partial charge on any atom is -0.497 e. The molecule has 1 aromatic heterocycles. The normalized spacial score (nSPS) is 11.1. The van der Waals surface area contributed by atoms with Crippen LogP contribution in [0.25, 0.3) is 11.3 Å². The molecule has 1 heterocycles. The highest BCUT2D eigenvalue weighted by Gasteiger charge is 2.33. The van der Waals surface area contributed by atoms with Crippen LogP contribution in [0.2, 0.25) is 0 Å². The number of ether oxygens (including phenoxy) is 2. The first kappa shape index (κ1) is 21.9. The summed E-state index contributed by atoms with van der Waals surface area (Å²) < 4.78 is 50.7. The molecular formula is C21H18F3N3O4. The van der Waals surface area contributed by atoms with Crippen LogP contribution in [0.1, 0.15) is 5.56 Å². The van der Waals surface area contributed by atoms with Gasteiger partial charge in [-0.2, -0.15) is 18.3 Å². The van der Waals surface area contributed by atoms with Gasteiger partial charge in [-0.15, -0.1) is 0 Å².